The molecule has 1 amide bonds. The minimum absolute atomic E-state index is 0.0887. The highest BCUT2D eigenvalue weighted by Gasteiger charge is 2.22. The van der Waals surface area contributed by atoms with Gasteiger partial charge in [0.1, 0.15) is 0 Å². The summed E-state index contributed by atoms with van der Waals surface area (Å²) in [5, 5.41) is 9.69. The number of amides is 1. The lowest BCUT2D eigenvalue weighted by Gasteiger charge is -2.20. The summed E-state index contributed by atoms with van der Waals surface area (Å²) in [6.45, 7) is 5.52. The Bertz CT molecular complexity index is 1020. The fourth-order valence-electron chi connectivity index (χ4n) is 2.94. The van der Waals surface area contributed by atoms with E-state index in [2.05, 4.69) is 46.1 Å². The first-order valence-electron chi connectivity index (χ1n) is 8.88. The monoisotopic (exact) mass is 379 g/mol. The second kappa shape index (κ2) is 7.87. The van der Waals surface area contributed by atoms with Crippen molar-refractivity contribution in [2.24, 2.45) is 0 Å². The van der Waals surface area contributed by atoms with E-state index in [1.54, 1.807) is 40.5 Å². The van der Waals surface area contributed by atoms with Crippen LogP contribution in [0.5, 0.6) is 0 Å². The first-order chi connectivity index (χ1) is 12.9. The first-order valence-corrected chi connectivity index (χ1v) is 9.69. The van der Waals surface area contributed by atoms with Crippen LogP contribution in [0.1, 0.15) is 27.0 Å². The van der Waals surface area contributed by atoms with Crippen LogP contribution in [-0.2, 0) is 0 Å². The third-order valence-electron chi connectivity index (χ3n) is 4.39. The Balaban J connectivity index is 2.01. The van der Waals surface area contributed by atoms with Gasteiger partial charge in [0, 0.05) is 5.56 Å². The van der Waals surface area contributed by atoms with Gasteiger partial charge < -0.3 is 4.90 Å². The topological polar surface area (TPSA) is 61.4 Å². The molecule has 5 nitrogen and oxygen atoms in total. The molecule has 0 saturated carbocycles. The fourth-order valence-corrected chi connectivity index (χ4v) is 4.10. The molecular formula is C21H23N4OS+. The number of nitrogens with one attached hydrogen (secondary N) is 1. The number of hydrogen-bond acceptors (Lipinski definition) is 4. The van der Waals surface area contributed by atoms with Crippen LogP contribution in [0.4, 0.5) is 5.13 Å². The predicted molar refractivity (Wildman–Crippen MR) is 110 cm³/mol. The Kier molecular flexibility index (Phi) is 5.54. The molecule has 0 atom stereocenters. The Hall–Kier alpha value is -2.75. The molecule has 0 unspecified atom stereocenters. The van der Waals surface area contributed by atoms with Gasteiger partial charge in [-0.25, -0.2) is 4.98 Å². The molecule has 1 N–H and O–H groups in total. The summed E-state index contributed by atoms with van der Waals surface area (Å²) in [5.74, 6) is -0.0887. The summed E-state index contributed by atoms with van der Waals surface area (Å²) < 4.78 is 1.09. The third kappa shape index (κ3) is 4.16. The molecule has 0 bridgehead atoms. The number of nitriles is 1. The number of carbonyl (C=O) groups excluding carboxylic acids is 1. The highest BCUT2D eigenvalue weighted by Crippen LogP contribution is 2.32. The minimum atomic E-state index is -0.0887. The number of fused-ring (bicyclic) bond motifs is 1. The van der Waals surface area contributed by atoms with Crippen LogP contribution in [0.15, 0.2) is 36.4 Å². The van der Waals surface area contributed by atoms with Gasteiger partial charge in [-0.3, -0.25) is 9.69 Å². The average molecular weight is 380 g/mol. The smallest absolute Gasteiger partial charge is 0.260 e. The van der Waals surface area contributed by atoms with E-state index in [1.165, 1.54) is 10.5 Å². The number of thiazole rings is 1. The highest BCUT2D eigenvalue weighted by molar-refractivity contribution is 7.22. The average Bonchev–Trinajstić information content (AvgIpc) is 3.05. The van der Waals surface area contributed by atoms with Gasteiger partial charge in [-0.1, -0.05) is 17.4 Å². The van der Waals surface area contributed by atoms with Crippen molar-refractivity contribution in [2.75, 3.05) is 32.1 Å². The summed E-state index contributed by atoms with van der Waals surface area (Å²) in [4.78, 5) is 21.0. The number of hydrogen-bond donors (Lipinski definition) is 1. The Labute approximate surface area is 163 Å². The van der Waals surface area contributed by atoms with Crippen molar-refractivity contribution in [3.8, 4) is 6.07 Å². The van der Waals surface area contributed by atoms with Crippen LogP contribution in [0.25, 0.3) is 10.2 Å². The molecule has 0 radical (unpaired) electrons. The molecule has 0 aliphatic rings. The maximum Gasteiger partial charge on any atom is 0.260 e. The van der Waals surface area contributed by atoms with E-state index < -0.39 is 0 Å². The molecule has 1 heterocycles. The van der Waals surface area contributed by atoms with Crippen molar-refractivity contribution in [3.63, 3.8) is 0 Å². The van der Waals surface area contributed by atoms with Crippen LogP contribution >= 0.6 is 11.3 Å². The Morgan fingerprint density at radius 1 is 1.22 bits per heavy atom. The molecule has 138 valence electrons. The molecule has 3 aromatic rings. The van der Waals surface area contributed by atoms with Crippen LogP contribution < -0.4 is 9.80 Å². The lowest BCUT2D eigenvalue weighted by molar-refractivity contribution is -0.856. The van der Waals surface area contributed by atoms with Gasteiger partial charge in [0.25, 0.3) is 5.91 Å². The maximum absolute atomic E-state index is 13.2. The van der Waals surface area contributed by atoms with E-state index in [0.29, 0.717) is 22.8 Å². The largest absolute Gasteiger partial charge is 0.338 e. The van der Waals surface area contributed by atoms with Crippen molar-refractivity contribution < 1.29 is 9.69 Å². The standard InChI is InChI=1S/C21H22N4OS/c1-14-11-15(2)19-18(12-14)27-21(23-19)25(10-9-24(3)4)20(26)17-7-5-16(13-22)6-8-17/h5-8,11-12H,9-10H2,1-4H3/p+1. The molecule has 1 aromatic heterocycles. The lowest BCUT2D eigenvalue weighted by atomic mass is 10.1. The van der Waals surface area contributed by atoms with Gasteiger partial charge in [-0.15, -0.1) is 0 Å². The zero-order valence-electron chi connectivity index (χ0n) is 16.0. The summed E-state index contributed by atoms with van der Waals surface area (Å²) in [7, 11) is 4.13. The number of likely N-dealkylation sites (N-methyl/N-ethyl adjacent to an activating group) is 1. The van der Waals surface area contributed by atoms with Gasteiger partial charge in [-0.2, -0.15) is 5.26 Å². The molecule has 2 aromatic carbocycles. The SMILES string of the molecule is Cc1cc(C)c2nc(N(CC[NH+](C)C)C(=O)c3ccc(C#N)cc3)sc2c1. The summed E-state index contributed by atoms with van der Waals surface area (Å²) in [6, 6.07) is 13.1. The summed E-state index contributed by atoms with van der Waals surface area (Å²) in [5.41, 5.74) is 4.38. The van der Waals surface area contributed by atoms with E-state index in [-0.39, 0.29) is 5.91 Å². The van der Waals surface area contributed by atoms with Gasteiger partial charge in [0.05, 0.1) is 49.0 Å². The Morgan fingerprint density at radius 2 is 1.93 bits per heavy atom. The summed E-state index contributed by atoms with van der Waals surface area (Å²) >= 11 is 1.55. The van der Waals surface area contributed by atoms with E-state index in [1.807, 2.05) is 0 Å². The van der Waals surface area contributed by atoms with Gasteiger partial charge in [0.2, 0.25) is 0 Å². The van der Waals surface area contributed by atoms with Crippen LogP contribution in [0, 0.1) is 25.2 Å². The molecule has 6 heteroatoms. The van der Waals surface area contributed by atoms with Gasteiger partial charge in [-0.05, 0) is 55.3 Å². The third-order valence-corrected chi connectivity index (χ3v) is 5.42. The molecule has 0 spiro atoms. The number of rotatable bonds is 5. The highest BCUT2D eigenvalue weighted by atomic mass is 32.1. The van der Waals surface area contributed by atoms with Crippen molar-refractivity contribution >= 4 is 32.6 Å². The number of nitrogens with zero attached hydrogens (tertiary/aromatic N) is 3. The van der Waals surface area contributed by atoms with Crippen molar-refractivity contribution in [3.05, 3.63) is 58.7 Å². The zero-order chi connectivity index (χ0) is 19.6. The number of aromatic nitrogens is 1. The quantitative estimate of drug-likeness (QED) is 0.741. The minimum Gasteiger partial charge on any atom is -0.338 e. The molecule has 0 saturated heterocycles. The normalized spacial score (nSPS) is 11.0. The number of aryl methyl sites for hydroxylation is 2. The summed E-state index contributed by atoms with van der Waals surface area (Å²) in [6.07, 6.45) is 0. The molecule has 0 aliphatic heterocycles. The maximum atomic E-state index is 13.2. The lowest BCUT2D eigenvalue weighted by Crippen LogP contribution is -3.06. The van der Waals surface area contributed by atoms with E-state index >= 15 is 0 Å². The van der Waals surface area contributed by atoms with Crippen LogP contribution in [0.2, 0.25) is 0 Å². The fraction of sp³-hybridized carbons (Fsp3) is 0.286. The first kappa shape index (κ1) is 19.0. The zero-order valence-corrected chi connectivity index (χ0v) is 16.9. The van der Waals surface area contributed by atoms with E-state index in [0.717, 1.165) is 22.3 Å². The van der Waals surface area contributed by atoms with E-state index in [9.17, 15) is 4.79 Å². The van der Waals surface area contributed by atoms with Gasteiger partial charge >= 0.3 is 0 Å². The number of carbonyl (C=O) groups is 1. The molecular weight excluding hydrogens is 356 g/mol. The Morgan fingerprint density at radius 3 is 2.56 bits per heavy atom. The van der Waals surface area contributed by atoms with E-state index in [4.69, 9.17) is 10.2 Å². The van der Waals surface area contributed by atoms with Crippen molar-refractivity contribution in [1.82, 2.24) is 4.98 Å². The molecule has 0 aliphatic carbocycles. The second-order valence-electron chi connectivity index (χ2n) is 7.03. The van der Waals surface area contributed by atoms with Crippen LogP contribution in [0.3, 0.4) is 0 Å². The molecule has 0 fully saturated rings. The van der Waals surface area contributed by atoms with Crippen molar-refractivity contribution in [1.29, 1.82) is 5.26 Å². The molecule has 27 heavy (non-hydrogen) atoms. The number of anilines is 1. The molecule has 3 rings (SSSR count). The van der Waals surface area contributed by atoms with Gasteiger partial charge in [0.15, 0.2) is 5.13 Å². The van der Waals surface area contributed by atoms with Crippen molar-refractivity contribution in [2.45, 2.75) is 13.8 Å². The number of quaternary nitrogens is 1. The van der Waals surface area contributed by atoms with Crippen LogP contribution in [-0.4, -0.2) is 38.1 Å². The number of benzene rings is 2. The predicted octanol–water partition coefficient (Wildman–Crippen LogP) is 2.58. The second-order valence-corrected chi connectivity index (χ2v) is 8.04.